The molecule has 25 heavy (non-hydrogen) atoms. The lowest BCUT2D eigenvalue weighted by molar-refractivity contribution is -0.124. The second-order valence-corrected chi connectivity index (χ2v) is 5.97. The van der Waals surface area contributed by atoms with Gasteiger partial charge in [0.15, 0.2) is 5.78 Å². The van der Waals surface area contributed by atoms with Crippen LogP contribution in [0.3, 0.4) is 0 Å². The summed E-state index contributed by atoms with van der Waals surface area (Å²) >= 11 is 0. The summed E-state index contributed by atoms with van der Waals surface area (Å²) < 4.78 is 0. The van der Waals surface area contributed by atoms with Crippen molar-refractivity contribution in [2.75, 3.05) is 6.54 Å². The summed E-state index contributed by atoms with van der Waals surface area (Å²) in [6.07, 6.45) is 6.92. The fourth-order valence-corrected chi connectivity index (χ4v) is 3.14. The number of aromatic nitrogens is 2. The van der Waals surface area contributed by atoms with Gasteiger partial charge in [0, 0.05) is 25.1 Å². The first kappa shape index (κ1) is 16.8. The molecule has 0 aliphatic carbocycles. The number of piperidine rings is 1. The average molecular weight is 334 g/mol. The zero-order valence-electron chi connectivity index (χ0n) is 13.7. The quantitative estimate of drug-likeness (QED) is 0.856. The Hall–Kier alpha value is -3.07. The van der Waals surface area contributed by atoms with Gasteiger partial charge >= 0.3 is 0 Å². The molecule has 2 aromatic heterocycles. The van der Waals surface area contributed by atoms with E-state index < -0.39 is 12.0 Å². The molecular weight excluding hydrogens is 316 g/mol. The third-order valence-electron chi connectivity index (χ3n) is 4.40. The predicted molar refractivity (Wildman–Crippen MR) is 90.5 cm³/mol. The largest absolute Gasteiger partial charge is 0.328 e. The minimum absolute atomic E-state index is 0.219. The van der Waals surface area contributed by atoms with E-state index in [0.29, 0.717) is 24.2 Å². The van der Waals surface area contributed by atoms with Crippen LogP contribution in [0, 0.1) is 11.3 Å². The number of Topliss-reactive ketones (excluding diaryl/α,β-unsaturated/α-hetero) is 1. The van der Waals surface area contributed by atoms with Gasteiger partial charge in [0.1, 0.15) is 5.92 Å². The summed E-state index contributed by atoms with van der Waals surface area (Å²) in [5.41, 5.74) is 0.878. The maximum absolute atomic E-state index is 13.0. The van der Waals surface area contributed by atoms with Crippen molar-refractivity contribution >= 4 is 11.7 Å². The number of nitriles is 1. The van der Waals surface area contributed by atoms with Crippen LogP contribution in [0.25, 0.3) is 0 Å². The minimum Gasteiger partial charge on any atom is -0.328 e. The van der Waals surface area contributed by atoms with Gasteiger partial charge in [-0.3, -0.25) is 19.6 Å². The molecule has 0 N–H and O–H groups in total. The highest BCUT2D eigenvalue weighted by molar-refractivity contribution is 6.00. The van der Waals surface area contributed by atoms with E-state index in [0.717, 1.165) is 12.8 Å². The van der Waals surface area contributed by atoms with Crippen molar-refractivity contribution in [1.82, 2.24) is 14.9 Å². The summed E-state index contributed by atoms with van der Waals surface area (Å²) in [5.74, 6) is -1.45. The van der Waals surface area contributed by atoms with Crippen LogP contribution in [0.5, 0.6) is 0 Å². The molecule has 0 saturated carbocycles. The number of pyridine rings is 2. The molecule has 126 valence electrons. The number of carbonyl (C=O) groups excluding carboxylic acids is 2. The highest BCUT2D eigenvalue weighted by Gasteiger charge is 2.37. The second kappa shape index (κ2) is 7.67. The molecule has 0 aromatic carbocycles. The molecule has 1 aliphatic rings. The lowest BCUT2D eigenvalue weighted by Gasteiger charge is -2.35. The summed E-state index contributed by atoms with van der Waals surface area (Å²) in [7, 11) is 0. The lowest BCUT2D eigenvalue weighted by Crippen LogP contribution is -2.49. The SMILES string of the molecule is N#CC(C(=O)C1CCCCN1C(=O)c1cccnc1)c1ccccn1. The van der Waals surface area contributed by atoms with Crippen molar-refractivity contribution in [2.24, 2.45) is 0 Å². The first-order valence-electron chi connectivity index (χ1n) is 8.27. The molecule has 3 rings (SSSR count). The van der Waals surface area contributed by atoms with E-state index in [1.807, 2.05) is 0 Å². The maximum atomic E-state index is 13.0. The van der Waals surface area contributed by atoms with Crippen molar-refractivity contribution in [3.05, 3.63) is 60.2 Å². The van der Waals surface area contributed by atoms with E-state index in [1.54, 1.807) is 47.6 Å². The molecule has 1 fully saturated rings. The van der Waals surface area contributed by atoms with Crippen LogP contribution in [0.15, 0.2) is 48.9 Å². The molecule has 1 amide bonds. The Morgan fingerprint density at radius 2 is 2.08 bits per heavy atom. The number of hydrogen-bond donors (Lipinski definition) is 0. The number of hydrogen-bond acceptors (Lipinski definition) is 5. The van der Waals surface area contributed by atoms with Crippen LogP contribution in [0.1, 0.15) is 41.2 Å². The van der Waals surface area contributed by atoms with Crippen molar-refractivity contribution in [3.63, 3.8) is 0 Å². The molecule has 0 radical (unpaired) electrons. The Bertz CT molecular complexity index is 786. The topological polar surface area (TPSA) is 87.0 Å². The van der Waals surface area contributed by atoms with Gasteiger partial charge in [-0.25, -0.2) is 0 Å². The van der Waals surface area contributed by atoms with Crippen molar-refractivity contribution in [3.8, 4) is 6.07 Å². The summed E-state index contributed by atoms with van der Waals surface area (Å²) in [6, 6.07) is 9.98. The standard InChI is InChI=1S/C19H18N4O2/c20-12-15(16-7-1-3-10-22-16)18(24)17-8-2-4-11-23(17)19(25)14-6-5-9-21-13-14/h1,3,5-7,9-10,13,15,17H,2,4,8,11H2. The van der Waals surface area contributed by atoms with E-state index in [-0.39, 0.29) is 11.7 Å². The van der Waals surface area contributed by atoms with Gasteiger partial charge in [0.25, 0.3) is 5.91 Å². The van der Waals surface area contributed by atoms with Crippen LogP contribution in [-0.4, -0.2) is 39.1 Å². The Labute approximate surface area is 146 Å². The van der Waals surface area contributed by atoms with Gasteiger partial charge in [-0.05, 0) is 43.5 Å². The van der Waals surface area contributed by atoms with Crippen LogP contribution in [0.4, 0.5) is 0 Å². The van der Waals surface area contributed by atoms with Crippen LogP contribution in [-0.2, 0) is 4.79 Å². The fourth-order valence-electron chi connectivity index (χ4n) is 3.14. The first-order valence-corrected chi connectivity index (χ1v) is 8.27. The minimum atomic E-state index is -0.964. The molecule has 6 nitrogen and oxygen atoms in total. The number of ketones is 1. The van der Waals surface area contributed by atoms with Gasteiger partial charge in [0.05, 0.1) is 23.4 Å². The average Bonchev–Trinajstić information content (AvgIpc) is 2.69. The zero-order chi connectivity index (χ0) is 17.6. The Kier molecular flexibility index (Phi) is 5.14. The second-order valence-electron chi connectivity index (χ2n) is 5.97. The van der Waals surface area contributed by atoms with Gasteiger partial charge in [-0.1, -0.05) is 6.07 Å². The van der Waals surface area contributed by atoms with Gasteiger partial charge in [-0.2, -0.15) is 5.26 Å². The number of nitrogens with zero attached hydrogens (tertiary/aromatic N) is 4. The Balaban J connectivity index is 1.86. The van der Waals surface area contributed by atoms with E-state index in [2.05, 4.69) is 16.0 Å². The molecule has 1 saturated heterocycles. The lowest BCUT2D eigenvalue weighted by atomic mass is 9.89. The fraction of sp³-hybridized carbons (Fsp3) is 0.316. The molecule has 2 atom stereocenters. The van der Waals surface area contributed by atoms with E-state index in [1.165, 1.54) is 6.20 Å². The van der Waals surface area contributed by atoms with Crippen molar-refractivity contribution < 1.29 is 9.59 Å². The maximum Gasteiger partial charge on any atom is 0.256 e. The van der Waals surface area contributed by atoms with Crippen LogP contribution >= 0.6 is 0 Å². The third-order valence-corrected chi connectivity index (χ3v) is 4.40. The summed E-state index contributed by atoms with van der Waals surface area (Å²) in [5, 5.41) is 9.50. The molecule has 0 spiro atoms. The summed E-state index contributed by atoms with van der Waals surface area (Å²) in [4.78, 5) is 35.5. The molecule has 2 unspecified atom stereocenters. The molecule has 3 heterocycles. The van der Waals surface area contributed by atoms with Crippen molar-refractivity contribution in [2.45, 2.75) is 31.2 Å². The highest BCUT2D eigenvalue weighted by Crippen LogP contribution is 2.25. The number of rotatable bonds is 4. The Morgan fingerprint density at radius 3 is 2.76 bits per heavy atom. The van der Waals surface area contributed by atoms with Gasteiger partial charge in [-0.15, -0.1) is 0 Å². The molecular formula is C19H18N4O2. The monoisotopic (exact) mass is 334 g/mol. The van der Waals surface area contributed by atoms with Crippen LogP contribution in [0.2, 0.25) is 0 Å². The van der Waals surface area contributed by atoms with Gasteiger partial charge < -0.3 is 4.90 Å². The van der Waals surface area contributed by atoms with E-state index in [4.69, 9.17) is 0 Å². The van der Waals surface area contributed by atoms with E-state index in [9.17, 15) is 14.9 Å². The predicted octanol–water partition coefficient (Wildman–Crippen LogP) is 2.35. The highest BCUT2D eigenvalue weighted by atomic mass is 16.2. The number of likely N-dealkylation sites (tertiary alicyclic amines) is 1. The molecule has 6 heteroatoms. The third kappa shape index (κ3) is 3.56. The summed E-state index contributed by atoms with van der Waals surface area (Å²) in [6.45, 7) is 0.504. The smallest absolute Gasteiger partial charge is 0.256 e. The van der Waals surface area contributed by atoms with Crippen LogP contribution < -0.4 is 0 Å². The first-order chi connectivity index (χ1) is 12.2. The molecule has 0 bridgehead atoms. The van der Waals surface area contributed by atoms with Crippen molar-refractivity contribution in [1.29, 1.82) is 5.26 Å². The zero-order valence-corrected chi connectivity index (χ0v) is 13.7. The molecule has 1 aliphatic heterocycles. The Morgan fingerprint density at radius 1 is 1.20 bits per heavy atom. The molecule has 2 aromatic rings. The van der Waals surface area contributed by atoms with Gasteiger partial charge in [0.2, 0.25) is 0 Å². The normalized spacial score (nSPS) is 18.2. The number of carbonyl (C=O) groups is 2. The number of amides is 1. The van der Waals surface area contributed by atoms with E-state index >= 15 is 0 Å².